The number of aryl methyl sites for hydroxylation is 2. The van der Waals surface area contributed by atoms with Gasteiger partial charge < -0.3 is 10.1 Å². The summed E-state index contributed by atoms with van der Waals surface area (Å²) in [5, 5.41) is 7.79. The highest BCUT2D eigenvalue weighted by atomic mass is 19.4. The molecule has 34 heavy (non-hydrogen) atoms. The number of pyridine rings is 1. The van der Waals surface area contributed by atoms with Crippen LogP contribution in [0, 0.1) is 0 Å². The number of carbonyl (C=O) groups excluding carboxylic acids is 2. The number of hydrogen-bond acceptors (Lipinski definition) is 6. The highest BCUT2D eigenvalue weighted by Crippen LogP contribution is 2.39. The van der Waals surface area contributed by atoms with Crippen LogP contribution in [0.25, 0.3) is 11.1 Å². The molecule has 1 aromatic carbocycles. The number of esters is 2. The summed E-state index contributed by atoms with van der Waals surface area (Å²) in [5.41, 5.74) is 2.66. The Balaban J connectivity index is 2.12. The highest BCUT2D eigenvalue weighted by molar-refractivity contribution is 6.03. The Morgan fingerprint density at radius 2 is 1.74 bits per heavy atom. The summed E-state index contributed by atoms with van der Waals surface area (Å²) in [6, 6.07) is 8.33. The van der Waals surface area contributed by atoms with Crippen molar-refractivity contribution < 1.29 is 27.5 Å². The number of aromatic nitrogens is 3. The third-order valence-corrected chi connectivity index (χ3v) is 5.11. The van der Waals surface area contributed by atoms with Crippen LogP contribution in [0.2, 0.25) is 0 Å². The lowest BCUT2D eigenvalue weighted by molar-refractivity contribution is -0.193. The van der Waals surface area contributed by atoms with Crippen LogP contribution in [0.15, 0.2) is 42.7 Å². The van der Waals surface area contributed by atoms with Crippen LogP contribution in [0.5, 0.6) is 0 Å². The minimum Gasteiger partial charge on any atom is -0.383 e. The van der Waals surface area contributed by atoms with Gasteiger partial charge in [-0.05, 0) is 41.8 Å². The molecule has 2 heterocycles. The summed E-state index contributed by atoms with van der Waals surface area (Å²) in [4.78, 5) is 27.9. The van der Waals surface area contributed by atoms with Gasteiger partial charge in [0.15, 0.2) is 0 Å². The number of nitrogens with one attached hydrogen (secondary N) is 1. The second-order valence-electron chi connectivity index (χ2n) is 8.71. The number of halogens is 3. The van der Waals surface area contributed by atoms with Crippen molar-refractivity contribution >= 4 is 23.4 Å². The summed E-state index contributed by atoms with van der Waals surface area (Å²) in [7, 11) is 1.72. The summed E-state index contributed by atoms with van der Waals surface area (Å²) >= 11 is 0. The third kappa shape index (κ3) is 5.27. The third-order valence-electron chi connectivity index (χ3n) is 5.11. The number of ether oxygens (including phenoxy) is 1. The first-order chi connectivity index (χ1) is 15.8. The lowest BCUT2D eigenvalue weighted by Crippen LogP contribution is -2.28. The van der Waals surface area contributed by atoms with E-state index in [0.29, 0.717) is 17.8 Å². The van der Waals surface area contributed by atoms with E-state index in [0.717, 1.165) is 16.8 Å². The van der Waals surface area contributed by atoms with Gasteiger partial charge in [0.2, 0.25) is 0 Å². The number of hydrogen-bond donors (Lipinski definition) is 1. The standard InChI is InChI=1S/C24H25F3N4O3/c1-6-14-7-8-17(16(13-14)21(32)34-22(33)24(25,26)27)29-20-18(15-9-11-28-12-10-15)19(23(2,3)4)30-31(20)5/h7-13,29H,6H2,1-5H3. The maximum Gasteiger partial charge on any atom is 0.491 e. The molecule has 0 saturated carbocycles. The lowest BCUT2D eigenvalue weighted by atomic mass is 9.87. The van der Waals surface area contributed by atoms with E-state index in [1.54, 1.807) is 36.3 Å². The molecular weight excluding hydrogens is 449 g/mol. The molecular formula is C24H25F3N4O3. The minimum absolute atomic E-state index is 0.177. The van der Waals surface area contributed by atoms with Gasteiger partial charge in [-0.25, -0.2) is 9.59 Å². The van der Waals surface area contributed by atoms with Gasteiger partial charge in [-0.15, -0.1) is 0 Å². The molecule has 0 unspecified atom stereocenters. The predicted molar refractivity (Wildman–Crippen MR) is 121 cm³/mol. The SMILES string of the molecule is CCc1ccc(Nc2c(-c3ccncc3)c(C(C)(C)C)nn2C)c(C(=O)OC(=O)C(F)(F)F)c1. The van der Waals surface area contributed by atoms with Crippen LogP contribution >= 0.6 is 0 Å². The normalized spacial score (nSPS) is 11.9. The smallest absolute Gasteiger partial charge is 0.383 e. The largest absolute Gasteiger partial charge is 0.491 e. The molecule has 3 rings (SSSR count). The molecule has 0 aliphatic heterocycles. The van der Waals surface area contributed by atoms with Crippen LogP contribution < -0.4 is 5.32 Å². The van der Waals surface area contributed by atoms with Crippen molar-refractivity contribution in [3.63, 3.8) is 0 Å². The van der Waals surface area contributed by atoms with Crippen molar-refractivity contribution in [2.45, 2.75) is 45.7 Å². The number of rotatable bonds is 5. The van der Waals surface area contributed by atoms with Crippen molar-refractivity contribution in [1.82, 2.24) is 14.8 Å². The predicted octanol–water partition coefficient (Wildman–Crippen LogP) is 5.33. The molecule has 2 aromatic heterocycles. The Bertz CT molecular complexity index is 1210. The molecule has 10 heteroatoms. The first-order valence-electron chi connectivity index (χ1n) is 10.5. The van der Waals surface area contributed by atoms with Crippen molar-refractivity contribution in [3.05, 3.63) is 59.5 Å². The van der Waals surface area contributed by atoms with Crippen LogP contribution in [0.4, 0.5) is 24.7 Å². The summed E-state index contributed by atoms with van der Waals surface area (Å²) in [6.07, 6.45) is -1.49. The van der Waals surface area contributed by atoms with Gasteiger partial charge in [-0.3, -0.25) is 9.67 Å². The Kier molecular flexibility index (Phi) is 6.81. The molecule has 0 bridgehead atoms. The zero-order valence-corrected chi connectivity index (χ0v) is 19.4. The maximum atomic E-state index is 12.7. The monoisotopic (exact) mass is 474 g/mol. The summed E-state index contributed by atoms with van der Waals surface area (Å²) in [5.74, 6) is -3.46. The van der Waals surface area contributed by atoms with Crippen LogP contribution in [0.3, 0.4) is 0 Å². The number of alkyl halides is 3. The molecule has 0 fully saturated rings. The number of anilines is 2. The van der Waals surface area contributed by atoms with E-state index in [1.807, 2.05) is 39.8 Å². The zero-order valence-electron chi connectivity index (χ0n) is 19.4. The van der Waals surface area contributed by atoms with Gasteiger partial charge in [0.1, 0.15) is 5.82 Å². The first kappa shape index (κ1) is 24.9. The molecule has 180 valence electrons. The fourth-order valence-electron chi connectivity index (χ4n) is 3.40. The Hall–Kier alpha value is -3.69. The number of nitrogens with zero attached hydrogens (tertiary/aromatic N) is 3. The molecule has 3 aromatic rings. The van der Waals surface area contributed by atoms with Crippen LogP contribution in [0.1, 0.15) is 49.3 Å². The van der Waals surface area contributed by atoms with Gasteiger partial charge >= 0.3 is 18.1 Å². The van der Waals surface area contributed by atoms with Crippen LogP contribution in [-0.2, 0) is 28.4 Å². The van der Waals surface area contributed by atoms with Crippen molar-refractivity contribution in [2.24, 2.45) is 7.05 Å². The van der Waals surface area contributed by atoms with Gasteiger partial charge in [0, 0.05) is 30.4 Å². The molecule has 7 nitrogen and oxygen atoms in total. The first-order valence-corrected chi connectivity index (χ1v) is 10.5. The van der Waals surface area contributed by atoms with E-state index in [4.69, 9.17) is 0 Å². The minimum atomic E-state index is -5.29. The fraction of sp³-hybridized carbons (Fsp3) is 0.333. The Labute approximate surface area is 195 Å². The number of benzene rings is 1. The van der Waals surface area contributed by atoms with Gasteiger partial charge in [-0.1, -0.05) is 33.8 Å². The van der Waals surface area contributed by atoms with Gasteiger partial charge in [0.25, 0.3) is 0 Å². The molecule has 0 aliphatic carbocycles. The summed E-state index contributed by atoms with van der Waals surface area (Å²) < 4.78 is 43.7. The zero-order chi connectivity index (χ0) is 25.3. The molecule has 0 amide bonds. The van der Waals surface area contributed by atoms with E-state index in [9.17, 15) is 22.8 Å². The molecule has 1 N–H and O–H groups in total. The fourth-order valence-corrected chi connectivity index (χ4v) is 3.40. The summed E-state index contributed by atoms with van der Waals surface area (Å²) in [6.45, 7) is 7.85. The Morgan fingerprint density at radius 3 is 2.29 bits per heavy atom. The van der Waals surface area contributed by atoms with E-state index in [2.05, 4.69) is 20.1 Å². The molecule has 0 saturated heterocycles. The molecule has 0 aliphatic rings. The van der Waals surface area contributed by atoms with Crippen molar-refractivity contribution in [3.8, 4) is 11.1 Å². The second kappa shape index (κ2) is 9.28. The van der Waals surface area contributed by atoms with E-state index in [1.165, 1.54) is 6.07 Å². The van der Waals surface area contributed by atoms with E-state index in [-0.39, 0.29) is 16.7 Å². The van der Waals surface area contributed by atoms with Gasteiger partial charge in [-0.2, -0.15) is 18.3 Å². The van der Waals surface area contributed by atoms with Crippen molar-refractivity contribution in [2.75, 3.05) is 5.32 Å². The lowest BCUT2D eigenvalue weighted by Gasteiger charge is -2.19. The molecule has 0 spiro atoms. The van der Waals surface area contributed by atoms with E-state index >= 15 is 0 Å². The second-order valence-corrected chi connectivity index (χ2v) is 8.71. The topological polar surface area (TPSA) is 86.1 Å². The number of carbonyl (C=O) groups is 2. The van der Waals surface area contributed by atoms with Crippen molar-refractivity contribution in [1.29, 1.82) is 0 Å². The molecule has 0 radical (unpaired) electrons. The molecule has 0 atom stereocenters. The van der Waals surface area contributed by atoms with Gasteiger partial charge in [0.05, 0.1) is 16.9 Å². The van der Waals surface area contributed by atoms with E-state index < -0.39 is 18.1 Å². The average Bonchev–Trinajstić information content (AvgIpc) is 3.10. The quantitative estimate of drug-likeness (QED) is 0.397. The maximum absolute atomic E-state index is 12.7. The average molecular weight is 474 g/mol. The van der Waals surface area contributed by atoms with Crippen LogP contribution in [-0.4, -0.2) is 32.9 Å². The highest BCUT2D eigenvalue weighted by Gasteiger charge is 2.43. The Morgan fingerprint density at radius 1 is 1.09 bits per heavy atom.